The average Bonchev–Trinajstić information content (AvgIpc) is 2.23. The van der Waals surface area contributed by atoms with Gasteiger partial charge in [0.05, 0.1) is 6.10 Å². The fourth-order valence-corrected chi connectivity index (χ4v) is 2.74. The van der Waals surface area contributed by atoms with Crippen molar-refractivity contribution in [2.45, 2.75) is 52.8 Å². The third-order valence-corrected chi connectivity index (χ3v) is 3.63. The number of hydrogen-bond donors (Lipinski definition) is 1. The van der Waals surface area contributed by atoms with E-state index in [9.17, 15) is 0 Å². The second-order valence-electron chi connectivity index (χ2n) is 6.24. The maximum Gasteiger partial charge on any atom is 0.205 e. The highest BCUT2D eigenvalue weighted by Gasteiger charge is 2.20. The molecule has 1 radical (unpaired) electrons. The molecule has 0 spiro atoms. The summed E-state index contributed by atoms with van der Waals surface area (Å²) in [6.07, 6.45) is 2.32. The van der Waals surface area contributed by atoms with Crippen LogP contribution in [0.15, 0.2) is 24.3 Å². The Kier molecular flexibility index (Phi) is 5.41. The smallest absolute Gasteiger partial charge is 0.205 e. The molecule has 1 aromatic rings. The lowest BCUT2D eigenvalue weighted by atomic mass is 9.88. The lowest BCUT2D eigenvalue weighted by molar-refractivity contribution is 0.174. The molecule has 0 amide bonds. The normalized spacial score (nSPS) is 13.9. The molecular weight excluding hydrogens is 238 g/mol. The van der Waals surface area contributed by atoms with Crippen molar-refractivity contribution in [2.75, 3.05) is 5.73 Å². The van der Waals surface area contributed by atoms with Crippen LogP contribution < -0.4 is 5.73 Å². The van der Waals surface area contributed by atoms with E-state index in [0.717, 1.165) is 24.1 Å². The van der Waals surface area contributed by atoms with Crippen LogP contribution in [0.4, 0.5) is 5.69 Å². The first kappa shape index (κ1) is 15.3. The summed E-state index contributed by atoms with van der Waals surface area (Å²) in [7, 11) is -0.719. The van der Waals surface area contributed by atoms with E-state index in [1.807, 2.05) is 18.2 Å². The summed E-state index contributed by atoms with van der Waals surface area (Å²) in [6, 6.07) is 8.06. The highest BCUT2D eigenvalue weighted by Crippen LogP contribution is 2.32. The predicted molar refractivity (Wildman–Crippen MR) is 80.9 cm³/mol. The Labute approximate surface area is 113 Å². The Morgan fingerprint density at radius 1 is 1.22 bits per heavy atom. The molecule has 1 atom stereocenters. The number of para-hydroxylation sites is 1. The number of benzene rings is 1. The Morgan fingerprint density at radius 2 is 1.83 bits per heavy atom. The number of nitrogens with two attached hydrogens (primary N) is 1. The first-order valence-corrected chi connectivity index (χ1v) is 9.01. The van der Waals surface area contributed by atoms with Gasteiger partial charge in [-0.1, -0.05) is 39.0 Å². The Morgan fingerprint density at radius 3 is 2.33 bits per heavy atom. The van der Waals surface area contributed by atoms with Crippen molar-refractivity contribution in [3.05, 3.63) is 29.8 Å². The van der Waals surface area contributed by atoms with Gasteiger partial charge in [0.25, 0.3) is 0 Å². The van der Waals surface area contributed by atoms with E-state index in [0.29, 0.717) is 5.41 Å². The lowest BCUT2D eigenvalue weighted by Crippen LogP contribution is -2.17. The van der Waals surface area contributed by atoms with E-state index in [1.165, 1.54) is 0 Å². The molecule has 0 bridgehead atoms. The van der Waals surface area contributed by atoms with Gasteiger partial charge in [0.15, 0.2) is 0 Å². The van der Waals surface area contributed by atoms with Gasteiger partial charge in [-0.15, -0.1) is 0 Å². The molecule has 1 aromatic carbocycles. The van der Waals surface area contributed by atoms with Crippen molar-refractivity contribution in [3.8, 4) is 0 Å². The van der Waals surface area contributed by atoms with Crippen LogP contribution in [0.1, 0.15) is 45.3 Å². The second-order valence-corrected chi connectivity index (χ2v) is 8.30. The molecular formula is C15H26NOSi. The van der Waals surface area contributed by atoms with Crippen molar-refractivity contribution >= 4 is 14.7 Å². The molecule has 0 aliphatic heterocycles. The largest absolute Gasteiger partial charge is 0.410 e. The van der Waals surface area contributed by atoms with Gasteiger partial charge in [-0.05, 0) is 37.4 Å². The zero-order valence-corrected chi connectivity index (χ0v) is 13.3. The van der Waals surface area contributed by atoms with E-state index in [4.69, 9.17) is 10.2 Å². The SMILES string of the molecule is C[Si](C)OC(CCC(C)(C)C)c1ccccc1N. The summed E-state index contributed by atoms with van der Waals surface area (Å²) in [4.78, 5) is 0. The van der Waals surface area contributed by atoms with Gasteiger partial charge < -0.3 is 10.2 Å². The van der Waals surface area contributed by atoms with Crippen LogP contribution in [0.3, 0.4) is 0 Å². The minimum Gasteiger partial charge on any atom is -0.410 e. The fraction of sp³-hybridized carbons (Fsp3) is 0.600. The van der Waals surface area contributed by atoms with Gasteiger partial charge >= 0.3 is 0 Å². The maximum atomic E-state index is 6.13. The van der Waals surface area contributed by atoms with Crippen molar-refractivity contribution in [3.63, 3.8) is 0 Å². The minimum atomic E-state index is -0.719. The van der Waals surface area contributed by atoms with E-state index in [-0.39, 0.29) is 6.10 Å². The number of hydrogen-bond acceptors (Lipinski definition) is 2. The highest BCUT2D eigenvalue weighted by atomic mass is 28.3. The molecule has 2 N–H and O–H groups in total. The number of rotatable bonds is 5. The first-order valence-electron chi connectivity index (χ1n) is 6.61. The predicted octanol–water partition coefficient (Wildman–Crippen LogP) is 4.40. The molecule has 0 saturated carbocycles. The number of anilines is 1. The molecule has 0 heterocycles. The van der Waals surface area contributed by atoms with Crippen molar-refractivity contribution in [2.24, 2.45) is 5.41 Å². The molecule has 0 aromatic heterocycles. The quantitative estimate of drug-likeness (QED) is 0.632. The highest BCUT2D eigenvalue weighted by molar-refractivity contribution is 6.48. The summed E-state index contributed by atoms with van der Waals surface area (Å²) in [5.41, 5.74) is 8.39. The van der Waals surface area contributed by atoms with Crippen LogP contribution in [0, 0.1) is 5.41 Å². The first-order chi connectivity index (χ1) is 8.29. The Hall–Kier alpha value is -0.803. The van der Waals surface area contributed by atoms with Gasteiger partial charge in [0, 0.05) is 11.3 Å². The zero-order valence-electron chi connectivity index (χ0n) is 12.3. The van der Waals surface area contributed by atoms with Crippen molar-refractivity contribution < 1.29 is 4.43 Å². The van der Waals surface area contributed by atoms with Gasteiger partial charge in [-0.3, -0.25) is 0 Å². The van der Waals surface area contributed by atoms with Crippen LogP contribution in [0.5, 0.6) is 0 Å². The zero-order chi connectivity index (χ0) is 13.8. The topological polar surface area (TPSA) is 35.2 Å². The number of nitrogen functional groups attached to an aromatic ring is 1. The van der Waals surface area contributed by atoms with Gasteiger partial charge in [0.1, 0.15) is 0 Å². The van der Waals surface area contributed by atoms with E-state index >= 15 is 0 Å². The van der Waals surface area contributed by atoms with Crippen LogP contribution in [0.25, 0.3) is 0 Å². The summed E-state index contributed by atoms with van der Waals surface area (Å²) >= 11 is 0. The van der Waals surface area contributed by atoms with E-state index in [1.54, 1.807) is 0 Å². The van der Waals surface area contributed by atoms with Crippen LogP contribution in [-0.2, 0) is 4.43 Å². The van der Waals surface area contributed by atoms with E-state index in [2.05, 4.69) is 39.9 Å². The monoisotopic (exact) mass is 264 g/mol. The molecule has 3 heteroatoms. The third kappa shape index (κ3) is 5.23. The fourth-order valence-electron chi connectivity index (χ4n) is 1.93. The Balaban J connectivity index is 2.82. The minimum absolute atomic E-state index is 0.148. The molecule has 0 aliphatic carbocycles. The second kappa shape index (κ2) is 6.39. The molecule has 0 saturated heterocycles. The standard InChI is InChI=1S/C15H26NOSi/c1-15(2,3)11-10-14(17-18(4)5)12-8-6-7-9-13(12)16/h6-9,14H,10-11,16H2,1-5H3. The summed E-state index contributed by atoms with van der Waals surface area (Å²) in [6.45, 7) is 11.1. The van der Waals surface area contributed by atoms with Crippen molar-refractivity contribution in [1.82, 2.24) is 0 Å². The van der Waals surface area contributed by atoms with E-state index < -0.39 is 9.04 Å². The molecule has 101 valence electrons. The van der Waals surface area contributed by atoms with Crippen LogP contribution in [-0.4, -0.2) is 9.04 Å². The molecule has 0 aliphatic rings. The summed E-state index contributed by atoms with van der Waals surface area (Å²) in [5, 5.41) is 0. The summed E-state index contributed by atoms with van der Waals surface area (Å²) in [5.74, 6) is 0. The average molecular weight is 264 g/mol. The summed E-state index contributed by atoms with van der Waals surface area (Å²) < 4.78 is 6.13. The molecule has 18 heavy (non-hydrogen) atoms. The molecule has 1 rings (SSSR count). The van der Waals surface area contributed by atoms with Gasteiger partial charge in [-0.25, -0.2) is 0 Å². The van der Waals surface area contributed by atoms with Crippen LogP contribution in [0.2, 0.25) is 13.1 Å². The maximum absolute atomic E-state index is 6.13. The van der Waals surface area contributed by atoms with Crippen LogP contribution >= 0.6 is 0 Å². The van der Waals surface area contributed by atoms with Crippen molar-refractivity contribution in [1.29, 1.82) is 0 Å². The van der Waals surface area contributed by atoms with Gasteiger partial charge in [0.2, 0.25) is 9.04 Å². The third-order valence-electron chi connectivity index (χ3n) is 2.88. The van der Waals surface area contributed by atoms with Gasteiger partial charge in [-0.2, -0.15) is 0 Å². The Bertz CT molecular complexity index is 371. The molecule has 2 nitrogen and oxygen atoms in total. The molecule has 1 unspecified atom stereocenters. The lowest BCUT2D eigenvalue weighted by Gasteiger charge is -2.26. The molecule has 0 fully saturated rings.